The molecule has 2 N–H and O–H groups in total. The van der Waals surface area contributed by atoms with Crippen molar-refractivity contribution in [2.45, 2.75) is 155 Å². The fraction of sp³-hybridized carbons (Fsp3) is 0.929. The van der Waals surface area contributed by atoms with Crippen LogP contribution in [0, 0.1) is 11.8 Å². The first-order valence-corrected chi connectivity index (χ1v) is 14.1. The maximum atomic E-state index is 12.6. The van der Waals surface area contributed by atoms with Crippen LogP contribution in [0.5, 0.6) is 0 Å². The van der Waals surface area contributed by atoms with Crippen molar-refractivity contribution in [2.75, 3.05) is 0 Å². The molecule has 0 unspecified atom stereocenters. The summed E-state index contributed by atoms with van der Waals surface area (Å²) in [5, 5.41) is 0. The number of hydrogen-bond donors (Lipinski definition) is 1. The Morgan fingerprint density at radius 3 is 2.00 bits per heavy atom. The van der Waals surface area contributed by atoms with Gasteiger partial charge in [0.2, 0.25) is 0 Å². The average molecular weight is 468 g/mol. The maximum absolute atomic E-state index is 12.6. The van der Waals surface area contributed by atoms with Gasteiger partial charge in [0, 0.05) is 6.42 Å². The van der Waals surface area contributed by atoms with Gasteiger partial charge in [-0.15, -0.1) is 0 Å². The molecule has 0 amide bonds. The number of rotatable bonds is 21. The van der Waals surface area contributed by atoms with Gasteiger partial charge in [0.15, 0.2) is 0 Å². The fourth-order valence-corrected chi connectivity index (χ4v) is 4.73. The molecule has 0 saturated carbocycles. The zero-order chi connectivity index (χ0) is 24.5. The molecule has 1 saturated heterocycles. The van der Waals surface area contributed by atoms with E-state index in [4.69, 9.17) is 15.2 Å². The summed E-state index contributed by atoms with van der Waals surface area (Å²) in [6.07, 6.45) is 18.6. The molecule has 1 heterocycles. The maximum Gasteiger partial charge on any atom is 0.323 e. The normalized spacial score (nSPS) is 19.8. The highest BCUT2D eigenvalue weighted by atomic mass is 16.6. The molecule has 1 fully saturated rings. The highest BCUT2D eigenvalue weighted by Gasteiger charge is 2.43. The van der Waals surface area contributed by atoms with E-state index in [-0.39, 0.29) is 30.1 Å². The Bertz CT molecular complexity index is 522. The van der Waals surface area contributed by atoms with E-state index in [1.54, 1.807) is 0 Å². The summed E-state index contributed by atoms with van der Waals surface area (Å²) in [6.45, 7) is 8.56. The quantitative estimate of drug-likeness (QED) is 0.144. The molecule has 194 valence electrons. The second-order valence-electron chi connectivity index (χ2n) is 10.6. The number of nitrogens with two attached hydrogens (primary N) is 1. The van der Waals surface area contributed by atoms with Crippen LogP contribution < -0.4 is 5.73 Å². The zero-order valence-electron chi connectivity index (χ0n) is 22.1. The van der Waals surface area contributed by atoms with Crippen molar-refractivity contribution in [2.24, 2.45) is 17.6 Å². The molecule has 0 aromatic heterocycles. The number of ether oxygens (including phenoxy) is 2. The number of esters is 2. The molecule has 0 aromatic carbocycles. The van der Waals surface area contributed by atoms with Gasteiger partial charge < -0.3 is 15.2 Å². The molecule has 0 bridgehead atoms. The van der Waals surface area contributed by atoms with Crippen molar-refractivity contribution in [3.8, 4) is 0 Å². The van der Waals surface area contributed by atoms with Crippen LogP contribution in [-0.2, 0) is 19.1 Å². The lowest BCUT2D eigenvalue weighted by molar-refractivity contribution is -0.190. The van der Waals surface area contributed by atoms with Gasteiger partial charge in [0.25, 0.3) is 0 Å². The molecule has 1 aliphatic heterocycles. The van der Waals surface area contributed by atoms with E-state index in [2.05, 4.69) is 27.7 Å². The average Bonchev–Trinajstić information content (AvgIpc) is 2.76. The SMILES string of the molecule is CCCCCCCCCCC[C@@H](C[C@@H]1OC(=O)[C@H]1CCCCCC)OC(=O)[C@H](N)CC(C)C. The number of hydrogen-bond acceptors (Lipinski definition) is 5. The van der Waals surface area contributed by atoms with Crippen LogP contribution in [0.2, 0.25) is 0 Å². The van der Waals surface area contributed by atoms with Crippen LogP contribution in [0.25, 0.3) is 0 Å². The van der Waals surface area contributed by atoms with Crippen LogP contribution in [0.3, 0.4) is 0 Å². The van der Waals surface area contributed by atoms with Crippen molar-refractivity contribution >= 4 is 11.9 Å². The molecule has 0 aliphatic carbocycles. The topological polar surface area (TPSA) is 78.6 Å². The fourth-order valence-electron chi connectivity index (χ4n) is 4.73. The van der Waals surface area contributed by atoms with Crippen LogP contribution in [0.15, 0.2) is 0 Å². The summed E-state index contributed by atoms with van der Waals surface area (Å²) in [5.74, 6) is -0.0742. The molecule has 0 aromatic rings. The standard InChI is InChI=1S/C28H53NO4/c1-5-7-9-11-12-13-14-15-16-18-23(32-28(31)25(29)20-22(3)4)21-26-24(27(30)33-26)19-17-10-8-6-2/h22-26H,5-21,29H2,1-4H3/t23-,24-,25+,26-/m0/s1. The highest BCUT2D eigenvalue weighted by molar-refractivity contribution is 5.78. The minimum absolute atomic E-state index is 0.0319. The van der Waals surface area contributed by atoms with E-state index < -0.39 is 6.04 Å². The lowest BCUT2D eigenvalue weighted by atomic mass is 9.86. The van der Waals surface area contributed by atoms with E-state index in [1.165, 1.54) is 57.8 Å². The van der Waals surface area contributed by atoms with Gasteiger partial charge in [-0.3, -0.25) is 9.59 Å². The minimum Gasteiger partial charge on any atom is -0.461 e. The predicted molar refractivity (Wildman–Crippen MR) is 136 cm³/mol. The highest BCUT2D eigenvalue weighted by Crippen LogP contribution is 2.32. The third-order valence-electron chi connectivity index (χ3n) is 6.82. The van der Waals surface area contributed by atoms with Crippen molar-refractivity contribution in [1.29, 1.82) is 0 Å². The molecule has 4 atom stereocenters. The van der Waals surface area contributed by atoms with Gasteiger partial charge in [0.05, 0.1) is 5.92 Å². The van der Waals surface area contributed by atoms with Gasteiger partial charge in [-0.2, -0.15) is 0 Å². The summed E-state index contributed by atoms with van der Waals surface area (Å²) in [5.41, 5.74) is 6.07. The summed E-state index contributed by atoms with van der Waals surface area (Å²) < 4.78 is 11.3. The lowest BCUT2D eigenvalue weighted by Crippen LogP contribution is -2.47. The van der Waals surface area contributed by atoms with E-state index in [1.807, 2.05) is 0 Å². The first kappa shape index (κ1) is 29.9. The summed E-state index contributed by atoms with van der Waals surface area (Å²) in [4.78, 5) is 24.6. The lowest BCUT2D eigenvalue weighted by Gasteiger charge is -2.37. The van der Waals surface area contributed by atoms with E-state index >= 15 is 0 Å². The summed E-state index contributed by atoms with van der Waals surface area (Å²) in [6, 6.07) is -0.579. The number of carbonyl (C=O) groups is 2. The zero-order valence-corrected chi connectivity index (χ0v) is 22.1. The third-order valence-corrected chi connectivity index (χ3v) is 6.82. The van der Waals surface area contributed by atoms with Crippen molar-refractivity contribution in [3.05, 3.63) is 0 Å². The summed E-state index contributed by atoms with van der Waals surface area (Å²) in [7, 11) is 0. The molecule has 5 heteroatoms. The number of cyclic esters (lactones) is 1. The number of carbonyl (C=O) groups excluding carboxylic acids is 2. The Labute approximate surface area is 203 Å². The summed E-state index contributed by atoms with van der Waals surface area (Å²) >= 11 is 0. The Morgan fingerprint density at radius 1 is 0.909 bits per heavy atom. The van der Waals surface area contributed by atoms with E-state index in [9.17, 15) is 9.59 Å². The second-order valence-corrected chi connectivity index (χ2v) is 10.6. The van der Waals surface area contributed by atoms with Crippen LogP contribution in [-0.4, -0.2) is 30.2 Å². The van der Waals surface area contributed by atoms with Gasteiger partial charge in [-0.05, 0) is 31.6 Å². The predicted octanol–water partition coefficient (Wildman–Crippen LogP) is 7.09. The largest absolute Gasteiger partial charge is 0.461 e. The minimum atomic E-state index is -0.579. The van der Waals surface area contributed by atoms with Gasteiger partial charge in [0.1, 0.15) is 18.2 Å². The van der Waals surface area contributed by atoms with Crippen molar-refractivity contribution < 1.29 is 19.1 Å². The van der Waals surface area contributed by atoms with Crippen molar-refractivity contribution in [3.63, 3.8) is 0 Å². The second kappa shape index (κ2) is 18.3. The first-order chi connectivity index (χ1) is 15.9. The Balaban J connectivity index is 2.47. The van der Waals surface area contributed by atoms with E-state index in [0.717, 1.165) is 38.5 Å². The van der Waals surface area contributed by atoms with Crippen LogP contribution in [0.4, 0.5) is 0 Å². The Hall–Kier alpha value is -1.10. The molecule has 33 heavy (non-hydrogen) atoms. The molecule has 1 rings (SSSR count). The third kappa shape index (κ3) is 13.4. The van der Waals surface area contributed by atoms with Crippen LogP contribution in [0.1, 0.15) is 137 Å². The molecular weight excluding hydrogens is 414 g/mol. The molecule has 5 nitrogen and oxygen atoms in total. The van der Waals surface area contributed by atoms with Gasteiger partial charge in [-0.25, -0.2) is 0 Å². The molecule has 1 aliphatic rings. The molecular formula is C28H53NO4. The smallest absolute Gasteiger partial charge is 0.323 e. The first-order valence-electron chi connectivity index (χ1n) is 14.1. The monoisotopic (exact) mass is 467 g/mol. The Morgan fingerprint density at radius 2 is 1.45 bits per heavy atom. The Kier molecular flexibility index (Phi) is 16.6. The van der Waals surface area contributed by atoms with Crippen LogP contribution >= 0.6 is 0 Å². The van der Waals surface area contributed by atoms with Gasteiger partial charge >= 0.3 is 11.9 Å². The number of unbranched alkanes of at least 4 members (excludes halogenated alkanes) is 11. The van der Waals surface area contributed by atoms with E-state index in [0.29, 0.717) is 18.8 Å². The molecule has 0 radical (unpaired) electrons. The van der Waals surface area contributed by atoms with Gasteiger partial charge in [-0.1, -0.05) is 105 Å². The van der Waals surface area contributed by atoms with Crippen molar-refractivity contribution in [1.82, 2.24) is 0 Å². The molecule has 0 spiro atoms.